The largest absolute Gasteiger partial charge is 0.497 e. The van der Waals surface area contributed by atoms with Gasteiger partial charge in [-0.2, -0.15) is 0 Å². The maximum Gasteiger partial charge on any atom is 0.253 e. The summed E-state index contributed by atoms with van der Waals surface area (Å²) in [5.74, 6) is 1.58. The molecule has 1 atom stereocenters. The number of nitrogens with zero attached hydrogens (tertiary/aromatic N) is 2. The third-order valence-corrected chi connectivity index (χ3v) is 3.95. The van der Waals surface area contributed by atoms with Crippen LogP contribution in [-0.4, -0.2) is 42.1 Å². The third kappa shape index (κ3) is 3.80. The predicted molar refractivity (Wildman–Crippen MR) is 86.8 cm³/mol. The topological polar surface area (TPSA) is 51.7 Å². The Morgan fingerprint density at radius 2 is 1.87 bits per heavy atom. The van der Waals surface area contributed by atoms with Gasteiger partial charge in [0.25, 0.3) is 5.91 Å². The molecular formula is C18H20N2O3. The average molecular weight is 312 g/mol. The van der Waals surface area contributed by atoms with Crippen molar-refractivity contribution in [3.8, 4) is 11.5 Å². The number of carbonyl (C=O) groups is 1. The molecule has 5 nitrogen and oxygen atoms in total. The van der Waals surface area contributed by atoms with E-state index in [-0.39, 0.29) is 12.0 Å². The predicted octanol–water partition coefficient (Wildman–Crippen LogP) is 2.77. The molecule has 1 aromatic carbocycles. The molecule has 0 N–H and O–H groups in total. The van der Waals surface area contributed by atoms with E-state index in [1.54, 1.807) is 31.6 Å². The van der Waals surface area contributed by atoms with Crippen LogP contribution in [0.3, 0.4) is 0 Å². The van der Waals surface area contributed by atoms with Crippen molar-refractivity contribution in [3.05, 3.63) is 54.4 Å². The van der Waals surface area contributed by atoms with Gasteiger partial charge in [0.15, 0.2) is 0 Å². The quantitative estimate of drug-likeness (QED) is 0.871. The Morgan fingerprint density at radius 3 is 2.57 bits per heavy atom. The highest BCUT2D eigenvalue weighted by atomic mass is 16.5. The van der Waals surface area contributed by atoms with Gasteiger partial charge in [-0.25, -0.2) is 0 Å². The van der Waals surface area contributed by atoms with Gasteiger partial charge in [0.1, 0.15) is 17.6 Å². The van der Waals surface area contributed by atoms with Crippen LogP contribution in [0.25, 0.3) is 0 Å². The fourth-order valence-corrected chi connectivity index (χ4v) is 2.74. The molecule has 2 aromatic rings. The van der Waals surface area contributed by atoms with Gasteiger partial charge in [0.2, 0.25) is 0 Å². The van der Waals surface area contributed by atoms with Crippen LogP contribution >= 0.6 is 0 Å². The van der Waals surface area contributed by atoms with E-state index in [2.05, 4.69) is 4.98 Å². The zero-order chi connectivity index (χ0) is 16.1. The molecule has 1 amide bonds. The number of benzene rings is 1. The van der Waals surface area contributed by atoms with Gasteiger partial charge >= 0.3 is 0 Å². The summed E-state index contributed by atoms with van der Waals surface area (Å²) in [6.45, 7) is 1.37. The summed E-state index contributed by atoms with van der Waals surface area (Å²) in [5.41, 5.74) is 0.676. The Bertz CT molecular complexity index is 643. The molecule has 0 aliphatic carbocycles. The molecule has 1 aliphatic rings. The van der Waals surface area contributed by atoms with E-state index < -0.39 is 0 Å². The summed E-state index contributed by atoms with van der Waals surface area (Å²) in [4.78, 5) is 18.5. The van der Waals surface area contributed by atoms with E-state index in [4.69, 9.17) is 9.47 Å². The number of amides is 1. The smallest absolute Gasteiger partial charge is 0.253 e. The normalized spacial score (nSPS) is 17.6. The van der Waals surface area contributed by atoms with Crippen molar-refractivity contribution in [2.24, 2.45) is 0 Å². The summed E-state index contributed by atoms with van der Waals surface area (Å²) >= 11 is 0. The first-order chi connectivity index (χ1) is 11.3. The molecule has 1 fully saturated rings. The Labute approximate surface area is 135 Å². The molecule has 0 spiro atoms. The zero-order valence-corrected chi connectivity index (χ0v) is 13.1. The number of piperidine rings is 1. The van der Waals surface area contributed by atoms with Crippen LogP contribution < -0.4 is 9.47 Å². The van der Waals surface area contributed by atoms with Crippen LogP contribution in [0.5, 0.6) is 11.5 Å². The van der Waals surface area contributed by atoms with E-state index in [1.165, 1.54) is 0 Å². The lowest BCUT2D eigenvalue weighted by atomic mass is 10.1. The van der Waals surface area contributed by atoms with Crippen LogP contribution in [0.4, 0.5) is 0 Å². The van der Waals surface area contributed by atoms with E-state index in [1.807, 2.05) is 29.2 Å². The lowest BCUT2D eigenvalue weighted by molar-refractivity contribution is 0.0537. The lowest BCUT2D eigenvalue weighted by Gasteiger charge is -2.33. The summed E-state index contributed by atoms with van der Waals surface area (Å²) in [7, 11) is 1.61. The first-order valence-electron chi connectivity index (χ1n) is 7.76. The van der Waals surface area contributed by atoms with Gasteiger partial charge in [-0.05, 0) is 49.2 Å². The number of likely N-dealkylation sites (tertiary alicyclic amines) is 1. The van der Waals surface area contributed by atoms with E-state index >= 15 is 0 Å². The van der Waals surface area contributed by atoms with E-state index in [0.29, 0.717) is 12.1 Å². The lowest BCUT2D eigenvalue weighted by Crippen LogP contribution is -2.44. The van der Waals surface area contributed by atoms with Crippen LogP contribution in [0.2, 0.25) is 0 Å². The SMILES string of the molecule is COc1ccc(C(=O)N2CCCC(Oc3ccncc3)C2)cc1. The van der Waals surface area contributed by atoms with Crippen molar-refractivity contribution < 1.29 is 14.3 Å². The van der Waals surface area contributed by atoms with Crippen LogP contribution in [0, 0.1) is 0 Å². The van der Waals surface area contributed by atoms with Gasteiger partial charge in [0, 0.05) is 24.5 Å². The van der Waals surface area contributed by atoms with Crippen LogP contribution in [-0.2, 0) is 0 Å². The Balaban J connectivity index is 1.64. The number of ether oxygens (including phenoxy) is 2. The van der Waals surface area contributed by atoms with Gasteiger partial charge in [-0.15, -0.1) is 0 Å². The van der Waals surface area contributed by atoms with Gasteiger partial charge in [-0.3, -0.25) is 9.78 Å². The highest BCUT2D eigenvalue weighted by Gasteiger charge is 2.25. The average Bonchev–Trinajstić information content (AvgIpc) is 2.62. The second kappa shape index (κ2) is 7.13. The molecule has 23 heavy (non-hydrogen) atoms. The highest BCUT2D eigenvalue weighted by molar-refractivity contribution is 5.94. The monoisotopic (exact) mass is 312 g/mol. The molecule has 1 unspecified atom stereocenters. The third-order valence-electron chi connectivity index (χ3n) is 3.95. The van der Waals surface area contributed by atoms with Crippen molar-refractivity contribution >= 4 is 5.91 Å². The minimum absolute atomic E-state index is 0.0216. The Morgan fingerprint density at radius 1 is 1.13 bits per heavy atom. The van der Waals surface area contributed by atoms with Gasteiger partial charge in [-0.1, -0.05) is 0 Å². The Hall–Kier alpha value is -2.56. The second-order valence-electron chi connectivity index (χ2n) is 5.54. The molecule has 5 heteroatoms. The number of pyridine rings is 1. The zero-order valence-electron chi connectivity index (χ0n) is 13.1. The molecule has 120 valence electrons. The van der Waals surface area contributed by atoms with Crippen molar-refractivity contribution in [3.63, 3.8) is 0 Å². The molecule has 2 heterocycles. The van der Waals surface area contributed by atoms with Crippen molar-refractivity contribution in [1.82, 2.24) is 9.88 Å². The van der Waals surface area contributed by atoms with E-state index in [0.717, 1.165) is 30.9 Å². The number of methoxy groups -OCH3 is 1. The minimum Gasteiger partial charge on any atom is -0.497 e. The molecule has 0 bridgehead atoms. The molecule has 0 saturated carbocycles. The molecule has 1 saturated heterocycles. The van der Waals surface area contributed by atoms with Crippen molar-refractivity contribution in [1.29, 1.82) is 0 Å². The Kier molecular flexibility index (Phi) is 4.76. The summed E-state index contributed by atoms with van der Waals surface area (Å²) < 4.78 is 11.1. The van der Waals surface area contributed by atoms with Crippen LogP contribution in [0.1, 0.15) is 23.2 Å². The van der Waals surface area contributed by atoms with Gasteiger partial charge < -0.3 is 14.4 Å². The first-order valence-corrected chi connectivity index (χ1v) is 7.76. The molecule has 1 aromatic heterocycles. The number of aromatic nitrogens is 1. The number of hydrogen-bond donors (Lipinski definition) is 0. The molecule has 1 aliphatic heterocycles. The van der Waals surface area contributed by atoms with Gasteiger partial charge in [0.05, 0.1) is 13.7 Å². The summed E-state index contributed by atoms with van der Waals surface area (Å²) in [5, 5.41) is 0. The highest BCUT2D eigenvalue weighted by Crippen LogP contribution is 2.20. The molecule has 3 rings (SSSR count). The number of rotatable bonds is 4. The fourth-order valence-electron chi connectivity index (χ4n) is 2.74. The summed E-state index contributed by atoms with van der Waals surface area (Å²) in [6.07, 6.45) is 5.33. The second-order valence-corrected chi connectivity index (χ2v) is 5.54. The van der Waals surface area contributed by atoms with Crippen molar-refractivity contribution in [2.45, 2.75) is 18.9 Å². The van der Waals surface area contributed by atoms with Crippen molar-refractivity contribution in [2.75, 3.05) is 20.2 Å². The number of hydrogen-bond acceptors (Lipinski definition) is 4. The van der Waals surface area contributed by atoms with Crippen LogP contribution in [0.15, 0.2) is 48.8 Å². The molecular weight excluding hydrogens is 292 g/mol. The first kappa shape index (κ1) is 15.3. The van der Waals surface area contributed by atoms with E-state index in [9.17, 15) is 4.79 Å². The maximum absolute atomic E-state index is 12.6. The maximum atomic E-state index is 12.6. The number of carbonyl (C=O) groups excluding carboxylic acids is 1. The summed E-state index contributed by atoms with van der Waals surface area (Å²) in [6, 6.07) is 10.9. The minimum atomic E-state index is 0.0216. The standard InChI is InChI=1S/C18H20N2O3/c1-22-15-6-4-14(5-7-15)18(21)20-12-2-3-17(13-20)23-16-8-10-19-11-9-16/h4-11,17H,2-3,12-13H2,1H3. The molecule has 0 radical (unpaired) electrons. The fraction of sp³-hybridized carbons (Fsp3) is 0.333.